The summed E-state index contributed by atoms with van der Waals surface area (Å²) in [6.45, 7) is 1.13. The molecule has 0 bridgehead atoms. The summed E-state index contributed by atoms with van der Waals surface area (Å²) < 4.78 is 0. The second kappa shape index (κ2) is 6.58. The summed E-state index contributed by atoms with van der Waals surface area (Å²) >= 11 is 0. The Hall–Kier alpha value is -1.79. The van der Waals surface area contributed by atoms with Gasteiger partial charge in [-0.05, 0) is 24.6 Å². The van der Waals surface area contributed by atoms with Crippen LogP contribution < -0.4 is 16.0 Å². The van der Waals surface area contributed by atoms with Crippen LogP contribution in [-0.4, -0.2) is 49.0 Å². The highest BCUT2D eigenvalue weighted by atomic mass is 16.3. The summed E-state index contributed by atoms with van der Waals surface area (Å²) in [6, 6.07) is 5.06. The molecule has 0 fully saturated rings. The quantitative estimate of drug-likeness (QED) is 0.558. The molecule has 0 radical (unpaired) electrons. The zero-order valence-electron chi connectivity index (χ0n) is 12.2. The minimum absolute atomic E-state index is 0.328. The van der Waals surface area contributed by atoms with E-state index in [0.29, 0.717) is 17.7 Å². The lowest BCUT2D eigenvalue weighted by Gasteiger charge is -2.30. The number of amides is 1. The molecule has 1 amide bonds. The molecule has 0 aliphatic carbocycles. The third-order valence-corrected chi connectivity index (χ3v) is 3.41. The number of anilines is 2. The van der Waals surface area contributed by atoms with Crippen LogP contribution >= 0.6 is 0 Å². The molecule has 0 spiro atoms. The molecule has 0 atom stereocenters. The number of carbonyl (C=O) groups excluding carboxylic acids is 1. The molecule has 1 rings (SSSR count). The maximum Gasteiger partial charge on any atom is 0.254 e. The third-order valence-electron chi connectivity index (χ3n) is 3.41. The van der Waals surface area contributed by atoms with E-state index in [4.69, 9.17) is 5.73 Å². The molecule has 0 saturated carbocycles. The molecular formula is C14H23N3O3. The smallest absolute Gasteiger partial charge is 0.254 e. The molecule has 6 nitrogen and oxygen atoms in total. The summed E-state index contributed by atoms with van der Waals surface area (Å²) in [6.07, 6.45) is 0.422. The first kappa shape index (κ1) is 16.3. The van der Waals surface area contributed by atoms with Gasteiger partial charge in [0.1, 0.15) is 0 Å². The number of nitrogens with one attached hydrogen (secondary N) is 1. The Morgan fingerprint density at radius 3 is 2.40 bits per heavy atom. The number of nitrogens with two attached hydrogens (primary N) is 1. The SMILES string of the molecule is CCC(CO)(CO)NC(=O)c1cc(N)ccc1N(C)C. The molecular weight excluding hydrogens is 258 g/mol. The standard InChI is InChI=1S/C14H23N3O3/c1-4-14(8-18,9-19)16-13(20)11-7-10(15)5-6-12(11)17(2)3/h5-7,18-19H,4,8-9,15H2,1-3H3,(H,16,20). The van der Waals surface area contributed by atoms with E-state index in [9.17, 15) is 15.0 Å². The van der Waals surface area contributed by atoms with E-state index in [1.807, 2.05) is 14.1 Å². The fourth-order valence-corrected chi connectivity index (χ4v) is 1.87. The van der Waals surface area contributed by atoms with Crippen molar-refractivity contribution in [2.24, 2.45) is 0 Å². The van der Waals surface area contributed by atoms with Crippen LogP contribution in [0.1, 0.15) is 23.7 Å². The fraction of sp³-hybridized carbons (Fsp3) is 0.500. The van der Waals surface area contributed by atoms with Crippen molar-refractivity contribution in [1.29, 1.82) is 0 Å². The second-order valence-electron chi connectivity index (χ2n) is 5.08. The van der Waals surface area contributed by atoms with Crippen LogP contribution in [0.5, 0.6) is 0 Å². The first-order valence-electron chi connectivity index (χ1n) is 6.50. The van der Waals surface area contributed by atoms with Gasteiger partial charge in [-0.25, -0.2) is 0 Å². The number of nitrogens with zero attached hydrogens (tertiary/aromatic N) is 1. The predicted octanol–water partition coefficient (Wildman–Crippen LogP) is 0.198. The van der Waals surface area contributed by atoms with Crippen LogP contribution in [0, 0.1) is 0 Å². The Bertz CT molecular complexity index is 462. The van der Waals surface area contributed by atoms with Gasteiger partial charge in [0.25, 0.3) is 5.91 Å². The van der Waals surface area contributed by atoms with E-state index in [0.717, 1.165) is 5.69 Å². The van der Waals surface area contributed by atoms with Gasteiger partial charge in [-0.3, -0.25) is 4.79 Å². The van der Waals surface area contributed by atoms with Crippen LogP contribution in [0.3, 0.4) is 0 Å². The number of carbonyl (C=O) groups is 1. The van der Waals surface area contributed by atoms with Crippen LogP contribution in [0.2, 0.25) is 0 Å². The Morgan fingerprint density at radius 2 is 1.95 bits per heavy atom. The molecule has 6 heteroatoms. The maximum atomic E-state index is 12.4. The van der Waals surface area contributed by atoms with Gasteiger partial charge in [0.15, 0.2) is 0 Å². The van der Waals surface area contributed by atoms with Crippen LogP contribution in [0.25, 0.3) is 0 Å². The highest BCUT2D eigenvalue weighted by molar-refractivity contribution is 6.01. The van der Waals surface area contributed by atoms with Gasteiger partial charge in [-0.15, -0.1) is 0 Å². The molecule has 112 valence electrons. The van der Waals surface area contributed by atoms with Crippen molar-refractivity contribution in [3.8, 4) is 0 Å². The van der Waals surface area contributed by atoms with E-state index in [1.165, 1.54) is 0 Å². The molecule has 1 aromatic carbocycles. The van der Waals surface area contributed by atoms with E-state index in [2.05, 4.69) is 5.32 Å². The molecule has 0 aliphatic rings. The lowest BCUT2D eigenvalue weighted by atomic mass is 9.97. The van der Waals surface area contributed by atoms with E-state index >= 15 is 0 Å². The van der Waals surface area contributed by atoms with Crippen molar-refractivity contribution in [2.75, 3.05) is 37.9 Å². The van der Waals surface area contributed by atoms with Crippen LogP contribution in [-0.2, 0) is 0 Å². The van der Waals surface area contributed by atoms with Crippen molar-refractivity contribution in [1.82, 2.24) is 5.32 Å². The van der Waals surface area contributed by atoms with Gasteiger partial charge in [-0.1, -0.05) is 6.92 Å². The summed E-state index contributed by atoms with van der Waals surface area (Å²) in [7, 11) is 3.65. The normalized spacial score (nSPS) is 11.2. The summed E-state index contributed by atoms with van der Waals surface area (Å²) in [5, 5.41) is 21.5. The number of aliphatic hydroxyl groups excluding tert-OH is 2. The van der Waals surface area contributed by atoms with Crippen molar-refractivity contribution in [2.45, 2.75) is 18.9 Å². The highest BCUT2D eigenvalue weighted by Crippen LogP contribution is 2.22. The predicted molar refractivity (Wildman–Crippen MR) is 79.8 cm³/mol. The lowest BCUT2D eigenvalue weighted by molar-refractivity contribution is 0.0653. The zero-order valence-corrected chi connectivity index (χ0v) is 12.2. The lowest BCUT2D eigenvalue weighted by Crippen LogP contribution is -2.54. The van der Waals surface area contributed by atoms with Gasteiger partial charge in [0, 0.05) is 25.5 Å². The Morgan fingerprint density at radius 1 is 1.35 bits per heavy atom. The van der Waals surface area contributed by atoms with Gasteiger partial charge < -0.3 is 26.2 Å². The van der Waals surface area contributed by atoms with Gasteiger partial charge in [-0.2, -0.15) is 0 Å². The molecule has 20 heavy (non-hydrogen) atoms. The summed E-state index contributed by atoms with van der Waals surface area (Å²) in [5.74, 6) is -0.369. The minimum Gasteiger partial charge on any atom is -0.399 e. The van der Waals surface area contributed by atoms with Gasteiger partial charge >= 0.3 is 0 Å². The van der Waals surface area contributed by atoms with E-state index in [1.54, 1.807) is 30.0 Å². The largest absolute Gasteiger partial charge is 0.399 e. The first-order valence-corrected chi connectivity index (χ1v) is 6.50. The molecule has 0 unspecified atom stereocenters. The van der Waals surface area contributed by atoms with Crippen molar-refractivity contribution >= 4 is 17.3 Å². The monoisotopic (exact) mass is 281 g/mol. The Kier molecular flexibility index (Phi) is 5.35. The number of hydrogen-bond donors (Lipinski definition) is 4. The number of benzene rings is 1. The Balaban J connectivity index is 3.11. The number of aliphatic hydroxyl groups is 2. The van der Waals surface area contributed by atoms with Gasteiger partial charge in [0.2, 0.25) is 0 Å². The van der Waals surface area contributed by atoms with Crippen LogP contribution in [0.15, 0.2) is 18.2 Å². The number of nitrogen functional groups attached to an aromatic ring is 1. The minimum atomic E-state index is -1.02. The van der Waals surface area contributed by atoms with Crippen molar-refractivity contribution in [3.05, 3.63) is 23.8 Å². The maximum absolute atomic E-state index is 12.4. The van der Waals surface area contributed by atoms with Crippen molar-refractivity contribution < 1.29 is 15.0 Å². The number of rotatable bonds is 6. The van der Waals surface area contributed by atoms with Crippen molar-refractivity contribution in [3.63, 3.8) is 0 Å². The first-order chi connectivity index (χ1) is 9.39. The van der Waals surface area contributed by atoms with E-state index < -0.39 is 5.54 Å². The fourth-order valence-electron chi connectivity index (χ4n) is 1.87. The molecule has 0 aliphatic heterocycles. The molecule has 0 saturated heterocycles. The highest BCUT2D eigenvalue weighted by Gasteiger charge is 2.29. The Labute approximate surface area is 119 Å². The molecule has 0 aromatic heterocycles. The third kappa shape index (κ3) is 3.40. The zero-order chi connectivity index (χ0) is 15.3. The number of hydrogen-bond acceptors (Lipinski definition) is 5. The van der Waals surface area contributed by atoms with E-state index in [-0.39, 0.29) is 19.1 Å². The average Bonchev–Trinajstić information content (AvgIpc) is 2.44. The summed E-state index contributed by atoms with van der Waals surface area (Å²) in [5.41, 5.74) is 6.32. The second-order valence-corrected chi connectivity index (χ2v) is 5.08. The van der Waals surface area contributed by atoms with Crippen LogP contribution in [0.4, 0.5) is 11.4 Å². The summed E-state index contributed by atoms with van der Waals surface area (Å²) in [4.78, 5) is 14.2. The molecule has 5 N–H and O–H groups in total. The van der Waals surface area contributed by atoms with Gasteiger partial charge in [0.05, 0.1) is 24.3 Å². The molecule has 0 heterocycles. The topological polar surface area (TPSA) is 98.8 Å². The molecule has 1 aromatic rings. The average molecular weight is 281 g/mol.